The molecule has 4 heteroatoms. The molecule has 3 nitrogen and oxygen atoms in total. The summed E-state index contributed by atoms with van der Waals surface area (Å²) in [5.74, 6) is -0.961. The van der Waals surface area contributed by atoms with E-state index < -0.39 is 5.82 Å². The van der Waals surface area contributed by atoms with Gasteiger partial charge in [0.05, 0.1) is 5.56 Å². The third kappa shape index (κ3) is 4.25. The summed E-state index contributed by atoms with van der Waals surface area (Å²) in [5, 5.41) is 2.90. The molecule has 0 unspecified atom stereocenters. The van der Waals surface area contributed by atoms with Crippen molar-refractivity contribution in [2.45, 2.75) is 32.7 Å². The topological polar surface area (TPSA) is 46.2 Å². The van der Waals surface area contributed by atoms with Gasteiger partial charge in [0.2, 0.25) is 0 Å². The molecular formula is C19H20FNO2. The van der Waals surface area contributed by atoms with Crippen LogP contribution in [-0.4, -0.2) is 17.7 Å². The molecule has 0 saturated carbocycles. The van der Waals surface area contributed by atoms with Crippen molar-refractivity contribution in [3.63, 3.8) is 0 Å². The molecule has 0 fully saturated rings. The fourth-order valence-electron chi connectivity index (χ4n) is 2.44. The number of benzene rings is 2. The van der Waals surface area contributed by atoms with Gasteiger partial charge < -0.3 is 5.32 Å². The van der Waals surface area contributed by atoms with Crippen LogP contribution in [0.5, 0.6) is 0 Å². The Labute approximate surface area is 135 Å². The first-order valence-corrected chi connectivity index (χ1v) is 7.73. The number of rotatable bonds is 6. The molecule has 0 heterocycles. The molecule has 0 aromatic heterocycles. The third-order valence-electron chi connectivity index (χ3n) is 3.62. The number of nitrogens with one attached hydrogen (secondary N) is 1. The molecule has 0 aliphatic rings. The molecule has 1 amide bonds. The standard InChI is InChI=1S/C19H20FNO2/c1-3-6-13(2)21-19(23)17-8-5-4-7-16(17)18(22)14-9-11-15(20)12-10-14/h4-5,7-13H,3,6H2,1-2H3,(H,21,23)/t13-/m1/s1. The second-order valence-electron chi connectivity index (χ2n) is 5.54. The Kier molecular flexibility index (Phi) is 5.63. The Morgan fingerprint density at radius 1 is 1.04 bits per heavy atom. The van der Waals surface area contributed by atoms with Crippen LogP contribution in [0.15, 0.2) is 48.5 Å². The zero-order chi connectivity index (χ0) is 16.8. The monoisotopic (exact) mass is 313 g/mol. The highest BCUT2D eigenvalue weighted by atomic mass is 19.1. The van der Waals surface area contributed by atoms with Crippen LogP contribution in [0.3, 0.4) is 0 Å². The largest absolute Gasteiger partial charge is 0.350 e. The maximum atomic E-state index is 13.0. The van der Waals surface area contributed by atoms with E-state index in [4.69, 9.17) is 0 Å². The van der Waals surface area contributed by atoms with Crippen molar-refractivity contribution in [1.82, 2.24) is 5.32 Å². The van der Waals surface area contributed by atoms with Crippen LogP contribution in [0.4, 0.5) is 4.39 Å². The van der Waals surface area contributed by atoms with Gasteiger partial charge >= 0.3 is 0 Å². The van der Waals surface area contributed by atoms with Gasteiger partial charge in [-0.15, -0.1) is 0 Å². The van der Waals surface area contributed by atoms with Gasteiger partial charge in [-0.2, -0.15) is 0 Å². The minimum absolute atomic E-state index is 0.0430. The van der Waals surface area contributed by atoms with Crippen molar-refractivity contribution in [2.24, 2.45) is 0 Å². The molecule has 2 rings (SSSR count). The van der Waals surface area contributed by atoms with Crippen molar-refractivity contribution in [2.75, 3.05) is 0 Å². The van der Waals surface area contributed by atoms with E-state index >= 15 is 0 Å². The van der Waals surface area contributed by atoms with Gasteiger partial charge in [-0.25, -0.2) is 4.39 Å². The smallest absolute Gasteiger partial charge is 0.252 e. The first-order valence-electron chi connectivity index (χ1n) is 7.73. The average Bonchev–Trinajstić information content (AvgIpc) is 2.55. The Morgan fingerprint density at radius 3 is 2.26 bits per heavy atom. The lowest BCUT2D eigenvalue weighted by atomic mass is 9.97. The number of amides is 1. The predicted octanol–water partition coefficient (Wildman–Crippen LogP) is 3.98. The highest BCUT2D eigenvalue weighted by Gasteiger charge is 2.19. The molecule has 0 spiro atoms. The van der Waals surface area contributed by atoms with E-state index in [0.29, 0.717) is 16.7 Å². The van der Waals surface area contributed by atoms with Crippen molar-refractivity contribution in [3.05, 3.63) is 71.0 Å². The van der Waals surface area contributed by atoms with Crippen molar-refractivity contribution < 1.29 is 14.0 Å². The molecule has 1 atom stereocenters. The van der Waals surface area contributed by atoms with Crippen molar-refractivity contribution >= 4 is 11.7 Å². The highest BCUT2D eigenvalue weighted by molar-refractivity contribution is 6.15. The second-order valence-corrected chi connectivity index (χ2v) is 5.54. The summed E-state index contributed by atoms with van der Waals surface area (Å²) >= 11 is 0. The molecule has 2 aromatic rings. The van der Waals surface area contributed by atoms with Gasteiger partial charge in [0.15, 0.2) is 5.78 Å². The van der Waals surface area contributed by atoms with E-state index in [1.54, 1.807) is 24.3 Å². The van der Waals surface area contributed by atoms with Gasteiger partial charge in [0, 0.05) is 17.2 Å². The van der Waals surface area contributed by atoms with Gasteiger partial charge in [-0.1, -0.05) is 31.5 Å². The minimum Gasteiger partial charge on any atom is -0.350 e. The normalized spacial score (nSPS) is 11.8. The average molecular weight is 313 g/mol. The second kappa shape index (κ2) is 7.68. The van der Waals surface area contributed by atoms with Crippen LogP contribution in [0, 0.1) is 5.82 Å². The number of carbonyl (C=O) groups excluding carboxylic acids is 2. The first-order chi connectivity index (χ1) is 11.0. The van der Waals surface area contributed by atoms with Gasteiger partial charge in [0.1, 0.15) is 5.82 Å². The molecule has 0 aliphatic heterocycles. The lowest BCUT2D eigenvalue weighted by Crippen LogP contribution is -2.33. The molecule has 0 bridgehead atoms. The summed E-state index contributed by atoms with van der Waals surface area (Å²) < 4.78 is 13.0. The van der Waals surface area contributed by atoms with E-state index in [9.17, 15) is 14.0 Å². The van der Waals surface area contributed by atoms with Gasteiger partial charge in [-0.05, 0) is 43.7 Å². The molecule has 0 aliphatic carbocycles. The van der Waals surface area contributed by atoms with E-state index in [1.165, 1.54) is 24.3 Å². The molecule has 0 radical (unpaired) electrons. The van der Waals surface area contributed by atoms with Crippen molar-refractivity contribution in [1.29, 1.82) is 0 Å². The zero-order valence-electron chi connectivity index (χ0n) is 13.3. The number of ketones is 1. The summed E-state index contributed by atoms with van der Waals surface area (Å²) in [6.45, 7) is 3.99. The fraction of sp³-hybridized carbons (Fsp3) is 0.263. The van der Waals surface area contributed by atoms with E-state index in [2.05, 4.69) is 12.2 Å². The summed E-state index contributed by atoms with van der Waals surface area (Å²) in [6, 6.07) is 12.0. The maximum Gasteiger partial charge on any atom is 0.252 e. The molecule has 120 valence electrons. The Bertz CT molecular complexity index is 695. The number of hydrogen-bond donors (Lipinski definition) is 1. The lowest BCUT2D eigenvalue weighted by molar-refractivity contribution is 0.0928. The fourth-order valence-corrected chi connectivity index (χ4v) is 2.44. The quantitative estimate of drug-likeness (QED) is 0.820. The first kappa shape index (κ1) is 16.9. The Morgan fingerprint density at radius 2 is 1.65 bits per heavy atom. The van der Waals surface area contributed by atoms with Crippen LogP contribution in [0.25, 0.3) is 0 Å². The SMILES string of the molecule is CCC[C@@H](C)NC(=O)c1ccccc1C(=O)c1ccc(F)cc1. The molecule has 0 saturated heterocycles. The zero-order valence-corrected chi connectivity index (χ0v) is 13.3. The molecule has 2 aromatic carbocycles. The molecule has 1 N–H and O–H groups in total. The van der Waals surface area contributed by atoms with Crippen LogP contribution in [0.1, 0.15) is 53.0 Å². The Hall–Kier alpha value is -2.49. The molecule has 23 heavy (non-hydrogen) atoms. The lowest BCUT2D eigenvalue weighted by Gasteiger charge is -2.14. The van der Waals surface area contributed by atoms with Gasteiger partial charge in [0.25, 0.3) is 5.91 Å². The van der Waals surface area contributed by atoms with Crippen LogP contribution in [0.2, 0.25) is 0 Å². The van der Waals surface area contributed by atoms with Crippen LogP contribution in [-0.2, 0) is 0 Å². The number of hydrogen-bond acceptors (Lipinski definition) is 2. The maximum absolute atomic E-state index is 13.0. The predicted molar refractivity (Wildman–Crippen MR) is 88.1 cm³/mol. The number of halogens is 1. The van der Waals surface area contributed by atoms with Crippen LogP contribution >= 0.6 is 0 Å². The summed E-state index contributed by atoms with van der Waals surface area (Å²) in [6.07, 6.45) is 1.84. The summed E-state index contributed by atoms with van der Waals surface area (Å²) in [4.78, 5) is 25.0. The highest BCUT2D eigenvalue weighted by Crippen LogP contribution is 2.16. The van der Waals surface area contributed by atoms with Gasteiger partial charge in [-0.3, -0.25) is 9.59 Å². The van der Waals surface area contributed by atoms with E-state index in [1.807, 2.05) is 6.92 Å². The van der Waals surface area contributed by atoms with E-state index in [0.717, 1.165) is 12.8 Å². The van der Waals surface area contributed by atoms with E-state index in [-0.39, 0.29) is 17.7 Å². The summed E-state index contributed by atoms with van der Waals surface area (Å²) in [5.41, 5.74) is 1.01. The van der Waals surface area contributed by atoms with Crippen molar-refractivity contribution in [3.8, 4) is 0 Å². The Balaban J connectivity index is 2.28. The number of carbonyl (C=O) groups is 2. The third-order valence-corrected chi connectivity index (χ3v) is 3.62. The summed E-state index contributed by atoms with van der Waals surface area (Å²) in [7, 11) is 0. The van der Waals surface area contributed by atoms with Crippen LogP contribution < -0.4 is 5.32 Å². The molecular weight excluding hydrogens is 293 g/mol. The minimum atomic E-state index is -0.402.